The van der Waals surface area contributed by atoms with Crippen LogP contribution in [0.2, 0.25) is 0 Å². The Hall–Kier alpha value is -2.56. The van der Waals surface area contributed by atoms with Crippen LogP contribution in [0.3, 0.4) is 0 Å². The topological polar surface area (TPSA) is 57.3 Å². The Morgan fingerprint density at radius 3 is 2.50 bits per heavy atom. The van der Waals surface area contributed by atoms with Crippen molar-refractivity contribution in [2.24, 2.45) is 0 Å². The molecule has 1 saturated heterocycles. The van der Waals surface area contributed by atoms with Crippen LogP contribution in [0.5, 0.6) is 0 Å². The highest BCUT2D eigenvalue weighted by molar-refractivity contribution is 5.93. The molecule has 5 nitrogen and oxygen atoms in total. The van der Waals surface area contributed by atoms with Crippen LogP contribution >= 0.6 is 0 Å². The van der Waals surface area contributed by atoms with E-state index < -0.39 is 0 Å². The van der Waals surface area contributed by atoms with Crippen molar-refractivity contribution in [3.05, 3.63) is 48.3 Å². The van der Waals surface area contributed by atoms with E-state index in [9.17, 15) is 4.79 Å². The Labute approximate surface area is 142 Å². The van der Waals surface area contributed by atoms with Gasteiger partial charge in [-0.2, -0.15) is 0 Å². The smallest absolute Gasteiger partial charge is 0.270 e. The zero-order valence-electron chi connectivity index (χ0n) is 13.7. The van der Waals surface area contributed by atoms with E-state index in [-0.39, 0.29) is 5.91 Å². The van der Waals surface area contributed by atoms with E-state index in [0.29, 0.717) is 11.7 Å². The van der Waals surface area contributed by atoms with Crippen LogP contribution < -0.4 is 15.5 Å². The van der Waals surface area contributed by atoms with Gasteiger partial charge in [-0.15, -0.1) is 0 Å². The van der Waals surface area contributed by atoms with Crippen LogP contribution in [0, 0.1) is 0 Å². The fraction of sp³-hybridized carbons (Fsp3) is 0.368. The third-order valence-electron chi connectivity index (χ3n) is 4.53. The van der Waals surface area contributed by atoms with Crippen molar-refractivity contribution < 1.29 is 4.79 Å². The van der Waals surface area contributed by atoms with Gasteiger partial charge >= 0.3 is 0 Å². The summed E-state index contributed by atoms with van der Waals surface area (Å²) in [7, 11) is 0. The predicted octanol–water partition coefficient (Wildman–Crippen LogP) is 3.32. The molecule has 1 aliphatic heterocycles. The average molecular weight is 322 g/mol. The SMILES string of the molecule is O=C(NC1CC1)c1cc(Nc2ccc(N3CCCC3)cc2)ccn1. The normalized spacial score (nSPS) is 16.9. The summed E-state index contributed by atoms with van der Waals surface area (Å²) < 4.78 is 0. The lowest BCUT2D eigenvalue weighted by molar-refractivity contribution is 0.0946. The molecule has 0 radical (unpaired) electrons. The molecule has 1 aliphatic carbocycles. The number of carbonyl (C=O) groups is 1. The van der Waals surface area contributed by atoms with Crippen molar-refractivity contribution in [2.75, 3.05) is 23.3 Å². The second kappa shape index (κ2) is 6.51. The first kappa shape index (κ1) is 15.0. The fourth-order valence-electron chi connectivity index (χ4n) is 3.02. The second-order valence-corrected chi connectivity index (χ2v) is 6.54. The van der Waals surface area contributed by atoms with Crippen LogP contribution in [-0.2, 0) is 0 Å². The Bertz CT molecular complexity index is 718. The van der Waals surface area contributed by atoms with Gasteiger partial charge in [-0.3, -0.25) is 9.78 Å². The van der Waals surface area contributed by atoms with Crippen molar-refractivity contribution in [1.29, 1.82) is 0 Å². The van der Waals surface area contributed by atoms with E-state index in [2.05, 4.69) is 44.8 Å². The summed E-state index contributed by atoms with van der Waals surface area (Å²) in [6.45, 7) is 2.30. The van der Waals surface area contributed by atoms with Crippen LogP contribution in [-0.4, -0.2) is 30.0 Å². The zero-order chi connectivity index (χ0) is 16.4. The van der Waals surface area contributed by atoms with Gasteiger partial charge in [0.25, 0.3) is 5.91 Å². The van der Waals surface area contributed by atoms with Crippen molar-refractivity contribution >= 4 is 23.0 Å². The summed E-state index contributed by atoms with van der Waals surface area (Å²) >= 11 is 0. The molecule has 2 fully saturated rings. The highest BCUT2D eigenvalue weighted by atomic mass is 16.2. The number of rotatable bonds is 5. The highest BCUT2D eigenvalue weighted by Gasteiger charge is 2.24. The lowest BCUT2D eigenvalue weighted by Crippen LogP contribution is -2.26. The minimum Gasteiger partial charge on any atom is -0.372 e. The molecule has 4 rings (SSSR count). The standard InChI is InChI=1S/C19H22N4O/c24-19(22-15-3-4-15)18-13-16(9-10-20-18)21-14-5-7-17(8-6-14)23-11-1-2-12-23/h5-10,13,15H,1-4,11-12H2,(H,20,21)(H,22,24). The van der Waals surface area contributed by atoms with Gasteiger partial charge in [0.1, 0.15) is 5.69 Å². The first-order chi connectivity index (χ1) is 11.8. The number of benzene rings is 1. The molecule has 0 atom stereocenters. The molecule has 1 saturated carbocycles. The molecule has 124 valence electrons. The van der Waals surface area contributed by atoms with Gasteiger partial charge in [-0.1, -0.05) is 0 Å². The first-order valence-electron chi connectivity index (χ1n) is 8.67. The summed E-state index contributed by atoms with van der Waals surface area (Å²) in [5.41, 5.74) is 3.62. The average Bonchev–Trinajstić information content (AvgIpc) is 3.25. The Morgan fingerprint density at radius 1 is 1.04 bits per heavy atom. The number of carbonyl (C=O) groups excluding carboxylic acids is 1. The number of anilines is 3. The molecule has 5 heteroatoms. The number of nitrogens with zero attached hydrogens (tertiary/aromatic N) is 2. The largest absolute Gasteiger partial charge is 0.372 e. The second-order valence-electron chi connectivity index (χ2n) is 6.54. The number of hydrogen-bond donors (Lipinski definition) is 2. The minimum atomic E-state index is -0.0921. The molecular formula is C19H22N4O. The number of hydrogen-bond acceptors (Lipinski definition) is 4. The molecule has 1 aromatic heterocycles. The molecule has 2 aliphatic rings. The maximum absolute atomic E-state index is 12.1. The molecular weight excluding hydrogens is 300 g/mol. The molecule has 0 bridgehead atoms. The lowest BCUT2D eigenvalue weighted by Gasteiger charge is -2.18. The molecule has 2 heterocycles. The third kappa shape index (κ3) is 3.50. The fourth-order valence-corrected chi connectivity index (χ4v) is 3.02. The Morgan fingerprint density at radius 2 is 1.79 bits per heavy atom. The number of amides is 1. The summed E-state index contributed by atoms with van der Waals surface area (Å²) in [5, 5.41) is 6.31. The van der Waals surface area contributed by atoms with Crippen LogP contribution in [0.4, 0.5) is 17.1 Å². The number of pyridine rings is 1. The van der Waals surface area contributed by atoms with Crippen LogP contribution in [0.15, 0.2) is 42.6 Å². The molecule has 1 aromatic carbocycles. The highest BCUT2D eigenvalue weighted by Crippen LogP contribution is 2.24. The van der Waals surface area contributed by atoms with E-state index in [0.717, 1.165) is 37.3 Å². The van der Waals surface area contributed by atoms with Crippen molar-refractivity contribution in [1.82, 2.24) is 10.3 Å². The van der Waals surface area contributed by atoms with E-state index >= 15 is 0 Å². The van der Waals surface area contributed by atoms with Gasteiger partial charge in [-0.05, 0) is 62.1 Å². The predicted molar refractivity (Wildman–Crippen MR) is 95.9 cm³/mol. The Kier molecular flexibility index (Phi) is 4.07. The number of nitrogens with one attached hydrogen (secondary N) is 2. The van der Waals surface area contributed by atoms with Crippen LogP contribution in [0.1, 0.15) is 36.2 Å². The van der Waals surface area contributed by atoms with Crippen molar-refractivity contribution in [3.8, 4) is 0 Å². The zero-order valence-corrected chi connectivity index (χ0v) is 13.7. The van der Waals surface area contributed by atoms with Crippen molar-refractivity contribution in [3.63, 3.8) is 0 Å². The molecule has 24 heavy (non-hydrogen) atoms. The molecule has 0 unspecified atom stereocenters. The van der Waals surface area contributed by atoms with Crippen LogP contribution in [0.25, 0.3) is 0 Å². The van der Waals surface area contributed by atoms with E-state index in [1.54, 1.807) is 12.3 Å². The maximum Gasteiger partial charge on any atom is 0.270 e. The summed E-state index contributed by atoms with van der Waals surface area (Å²) in [4.78, 5) is 18.7. The first-order valence-corrected chi connectivity index (χ1v) is 8.67. The number of aromatic nitrogens is 1. The maximum atomic E-state index is 12.1. The summed E-state index contributed by atoms with van der Waals surface area (Å²) in [5.74, 6) is -0.0921. The lowest BCUT2D eigenvalue weighted by atomic mass is 10.2. The monoisotopic (exact) mass is 322 g/mol. The van der Waals surface area contributed by atoms with E-state index in [1.807, 2.05) is 6.07 Å². The van der Waals surface area contributed by atoms with Crippen molar-refractivity contribution in [2.45, 2.75) is 31.7 Å². The van der Waals surface area contributed by atoms with E-state index in [4.69, 9.17) is 0 Å². The molecule has 2 N–H and O–H groups in total. The summed E-state index contributed by atoms with van der Waals surface area (Å²) in [6, 6.07) is 12.5. The van der Waals surface area contributed by atoms with Gasteiger partial charge in [0.05, 0.1) is 0 Å². The van der Waals surface area contributed by atoms with Gasteiger partial charge in [0.2, 0.25) is 0 Å². The molecule has 2 aromatic rings. The van der Waals surface area contributed by atoms with Gasteiger partial charge in [0, 0.05) is 42.4 Å². The minimum absolute atomic E-state index is 0.0921. The molecule has 1 amide bonds. The van der Waals surface area contributed by atoms with Gasteiger partial charge in [-0.25, -0.2) is 0 Å². The van der Waals surface area contributed by atoms with Gasteiger partial charge in [0.15, 0.2) is 0 Å². The Balaban J connectivity index is 1.43. The molecule has 0 spiro atoms. The third-order valence-corrected chi connectivity index (χ3v) is 4.53. The quantitative estimate of drug-likeness (QED) is 0.886. The van der Waals surface area contributed by atoms with E-state index in [1.165, 1.54) is 18.5 Å². The van der Waals surface area contributed by atoms with Gasteiger partial charge < -0.3 is 15.5 Å². The summed E-state index contributed by atoms with van der Waals surface area (Å²) in [6.07, 6.45) is 6.38.